The van der Waals surface area contributed by atoms with Gasteiger partial charge in [-0.1, -0.05) is 6.07 Å². The lowest BCUT2D eigenvalue weighted by atomic mass is 10.2. The Hall–Kier alpha value is -1.75. The van der Waals surface area contributed by atoms with Crippen molar-refractivity contribution in [3.8, 4) is 0 Å². The zero-order valence-electron chi connectivity index (χ0n) is 9.92. The first-order chi connectivity index (χ1) is 8.75. The van der Waals surface area contributed by atoms with E-state index in [9.17, 15) is 4.79 Å². The summed E-state index contributed by atoms with van der Waals surface area (Å²) < 4.78 is 5.53. The fourth-order valence-corrected chi connectivity index (χ4v) is 2.85. The highest BCUT2D eigenvalue weighted by Crippen LogP contribution is 2.33. The Kier molecular flexibility index (Phi) is 2.83. The minimum atomic E-state index is -0.293. The van der Waals surface area contributed by atoms with Crippen LogP contribution in [-0.4, -0.2) is 15.9 Å². The predicted molar refractivity (Wildman–Crippen MR) is 67.6 cm³/mol. The van der Waals surface area contributed by atoms with Crippen molar-refractivity contribution in [1.82, 2.24) is 9.97 Å². The van der Waals surface area contributed by atoms with E-state index < -0.39 is 0 Å². The van der Waals surface area contributed by atoms with Crippen LogP contribution in [-0.2, 0) is 11.2 Å². The molecule has 0 aromatic carbocycles. The fraction of sp³-hybridized carbons (Fsp3) is 0.308. The molecule has 1 aliphatic carbocycles. The zero-order valence-corrected chi connectivity index (χ0v) is 10.7. The van der Waals surface area contributed by atoms with Gasteiger partial charge in [-0.15, -0.1) is 11.3 Å². The summed E-state index contributed by atoms with van der Waals surface area (Å²) in [4.78, 5) is 21.0. The number of aryl methyl sites for hydroxylation is 2. The van der Waals surface area contributed by atoms with E-state index in [2.05, 4.69) is 9.97 Å². The van der Waals surface area contributed by atoms with Crippen molar-refractivity contribution in [2.45, 2.75) is 25.9 Å². The molecule has 0 bridgehead atoms. The third kappa shape index (κ3) is 1.90. The van der Waals surface area contributed by atoms with Crippen LogP contribution in [0.4, 0.5) is 0 Å². The van der Waals surface area contributed by atoms with Crippen molar-refractivity contribution in [3.05, 3.63) is 45.7 Å². The van der Waals surface area contributed by atoms with Crippen LogP contribution in [0.3, 0.4) is 0 Å². The van der Waals surface area contributed by atoms with E-state index in [0.717, 1.165) is 24.2 Å². The number of hydrogen-bond donors (Lipinski definition) is 0. The maximum atomic E-state index is 12.0. The number of fused-ring (bicyclic) bond motifs is 1. The van der Waals surface area contributed by atoms with Crippen LogP contribution in [0.2, 0.25) is 0 Å². The molecule has 2 aromatic heterocycles. The topological polar surface area (TPSA) is 52.1 Å². The second-order valence-electron chi connectivity index (χ2n) is 4.25. The summed E-state index contributed by atoms with van der Waals surface area (Å²) in [6.07, 6.45) is 3.26. The molecule has 0 saturated heterocycles. The molecule has 0 N–H and O–H groups in total. The summed E-state index contributed by atoms with van der Waals surface area (Å²) in [6.45, 7) is 1.81. The molecule has 0 fully saturated rings. The van der Waals surface area contributed by atoms with Crippen LogP contribution in [0.1, 0.15) is 39.1 Å². The lowest BCUT2D eigenvalue weighted by molar-refractivity contribution is 0.0297. The predicted octanol–water partition coefficient (Wildman–Crippen LogP) is 2.69. The number of nitrogens with zero attached hydrogens (tertiary/aromatic N) is 2. The van der Waals surface area contributed by atoms with Crippen LogP contribution in [0, 0.1) is 6.92 Å². The smallest absolute Gasteiger partial charge is 0.350 e. The summed E-state index contributed by atoms with van der Waals surface area (Å²) in [5, 5.41) is 0. The monoisotopic (exact) mass is 260 g/mol. The van der Waals surface area contributed by atoms with Gasteiger partial charge in [0.05, 0.1) is 16.9 Å². The van der Waals surface area contributed by atoms with Crippen molar-refractivity contribution in [2.24, 2.45) is 0 Å². The quantitative estimate of drug-likeness (QED) is 0.779. The SMILES string of the molecule is Cc1ncsc1C(=O)OC1CCc2cccnc21. The van der Waals surface area contributed by atoms with E-state index in [1.165, 1.54) is 16.9 Å². The highest BCUT2D eigenvalue weighted by Gasteiger charge is 2.28. The van der Waals surface area contributed by atoms with Crippen molar-refractivity contribution in [3.63, 3.8) is 0 Å². The molecule has 4 nitrogen and oxygen atoms in total. The average Bonchev–Trinajstić information content (AvgIpc) is 2.97. The van der Waals surface area contributed by atoms with Gasteiger partial charge < -0.3 is 4.74 Å². The Morgan fingerprint density at radius 1 is 1.50 bits per heavy atom. The molecule has 0 aliphatic heterocycles. The molecular formula is C13H12N2O2S. The molecule has 0 saturated carbocycles. The summed E-state index contributed by atoms with van der Waals surface area (Å²) in [5.41, 5.74) is 4.46. The lowest BCUT2D eigenvalue weighted by Gasteiger charge is -2.11. The molecule has 5 heteroatoms. The molecule has 1 atom stereocenters. The van der Waals surface area contributed by atoms with Gasteiger partial charge in [-0.2, -0.15) is 0 Å². The molecule has 0 spiro atoms. The molecule has 2 heterocycles. The number of aromatic nitrogens is 2. The van der Waals surface area contributed by atoms with E-state index in [-0.39, 0.29) is 12.1 Å². The number of rotatable bonds is 2. The molecule has 3 rings (SSSR count). The van der Waals surface area contributed by atoms with Crippen molar-refractivity contribution in [1.29, 1.82) is 0 Å². The van der Waals surface area contributed by atoms with Gasteiger partial charge >= 0.3 is 5.97 Å². The minimum absolute atomic E-state index is 0.213. The number of esters is 1. The highest BCUT2D eigenvalue weighted by atomic mass is 32.1. The first-order valence-electron chi connectivity index (χ1n) is 5.80. The molecular weight excluding hydrogens is 248 g/mol. The van der Waals surface area contributed by atoms with Crippen LogP contribution in [0.25, 0.3) is 0 Å². The number of ether oxygens (including phenoxy) is 1. The molecule has 92 valence electrons. The molecule has 1 unspecified atom stereocenters. The number of pyridine rings is 1. The molecule has 1 aliphatic rings. The Morgan fingerprint density at radius 2 is 2.39 bits per heavy atom. The molecule has 2 aromatic rings. The van der Waals surface area contributed by atoms with Gasteiger partial charge in [0.2, 0.25) is 0 Å². The van der Waals surface area contributed by atoms with Crippen LogP contribution >= 0.6 is 11.3 Å². The average molecular weight is 260 g/mol. The maximum Gasteiger partial charge on any atom is 0.350 e. The van der Waals surface area contributed by atoms with Gasteiger partial charge in [0.1, 0.15) is 11.0 Å². The third-order valence-electron chi connectivity index (χ3n) is 3.09. The van der Waals surface area contributed by atoms with E-state index in [1.54, 1.807) is 11.7 Å². The van der Waals surface area contributed by atoms with Gasteiger partial charge in [0, 0.05) is 6.20 Å². The van der Waals surface area contributed by atoms with Gasteiger partial charge in [-0.3, -0.25) is 4.98 Å². The number of carbonyl (C=O) groups is 1. The third-order valence-corrected chi connectivity index (χ3v) is 4.00. The van der Waals surface area contributed by atoms with Gasteiger partial charge in [-0.05, 0) is 31.4 Å². The van der Waals surface area contributed by atoms with E-state index in [4.69, 9.17) is 4.74 Å². The van der Waals surface area contributed by atoms with E-state index >= 15 is 0 Å². The Morgan fingerprint density at radius 3 is 3.17 bits per heavy atom. The number of thiazole rings is 1. The first-order valence-corrected chi connectivity index (χ1v) is 6.68. The van der Waals surface area contributed by atoms with Crippen molar-refractivity contribution >= 4 is 17.3 Å². The van der Waals surface area contributed by atoms with Gasteiger partial charge in [0.25, 0.3) is 0 Å². The van der Waals surface area contributed by atoms with E-state index in [1.807, 2.05) is 19.1 Å². The van der Waals surface area contributed by atoms with Crippen molar-refractivity contribution in [2.75, 3.05) is 0 Å². The van der Waals surface area contributed by atoms with Gasteiger partial charge in [-0.25, -0.2) is 9.78 Å². The highest BCUT2D eigenvalue weighted by molar-refractivity contribution is 7.11. The first kappa shape index (κ1) is 11.3. The Balaban J connectivity index is 1.79. The van der Waals surface area contributed by atoms with Gasteiger partial charge in [0.15, 0.2) is 0 Å². The standard InChI is InChI=1S/C13H12N2O2S/c1-8-12(18-7-15-8)13(16)17-10-5-4-9-3-2-6-14-11(9)10/h2-3,6-7,10H,4-5H2,1H3. The second-order valence-corrected chi connectivity index (χ2v) is 5.10. The van der Waals surface area contributed by atoms with Crippen LogP contribution in [0.5, 0.6) is 0 Å². The zero-order chi connectivity index (χ0) is 12.5. The second kappa shape index (κ2) is 4.49. The number of carbonyl (C=O) groups excluding carboxylic acids is 1. The normalized spacial score (nSPS) is 17.5. The summed E-state index contributed by atoms with van der Waals surface area (Å²) in [5.74, 6) is -0.293. The maximum absolute atomic E-state index is 12.0. The van der Waals surface area contributed by atoms with E-state index in [0.29, 0.717) is 4.88 Å². The van der Waals surface area contributed by atoms with Crippen LogP contribution < -0.4 is 0 Å². The lowest BCUT2D eigenvalue weighted by Crippen LogP contribution is -2.10. The summed E-state index contributed by atoms with van der Waals surface area (Å²) in [7, 11) is 0. The Labute approximate surface area is 109 Å². The Bertz CT molecular complexity index is 594. The van der Waals surface area contributed by atoms with Crippen molar-refractivity contribution < 1.29 is 9.53 Å². The summed E-state index contributed by atoms with van der Waals surface area (Å²) >= 11 is 1.32. The molecule has 0 radical (unpaired) electrons. The molecule has 18 heavy (non-hydrogen) atoms. The largest absolute Gasteiger partial charge is 0.452 e. The molecule has 0 amide bonds. The number of hydrogen-bond acceptors (Lipinski definition) is 5. The minimum Gasteiger partial charge on any atom is -0.452 e. The summed E-state index contributed by atoms with van der Waals surface area (Å²) in [6, 6.07) is 3.95. The fourth-order valence-electron chi connectivity index (χ4n) is 2.17. The van der Waals surface area contributed by atoms with Crippen LogP contribution in [0.15, 0.2) is 23.8 Å².